The van der Waals surface area contributed by atoms with Gasteiger partial charge in [0.05, 0.1) is 12.6 Å². The minimum absolute atomic E-state index is 0.0704. The van der Waals surface area contributed by atoms with Gasteiger partial charge in [-0.1, -0.05) is 0 Å². The molecule has 0 fully saturated rings. The van der Waals surface area contributed by atoms with Crippen LogP contribution >= 0.6 is 0 Å². The van der Waals surface area contributed by atoms with Gasteiger partial charge in [-0.3, -0.25) is 19.1 Å². The SMILES string of the molecule is Cn1cc(CCC(=O)Nc2ccc(C(=O)NCCC(=O)O)cc2)cn1. The normalized spacial score (nSPS) is 10.3. The highest BCUT2D eigenvalue weighted by Gasteiger charge is 2.08. The maximum Gasteiger partial charge on any atom is 0.305 e. The summed E-state index contributed by atoms with van der Waals surface area (Å²) in [4.78, 5) is 34.2. The van der Waals surface area contributed by atoms with Crippen LogP contribution in [0.3, 0.4) is 0 Å². The number of aliphatic carboxylic acids is 1. The lowest BCUT2D eigenvalue weighted by atomic mass is 10.1. The number of aryl methyl sites for hydroxylation is 2. The van der Waals surface area contributed by atoms with Crippen LogP contribution in [0.25, 0.3) is 0 Å². The molecule has 0 aliphatic rings. The van der Waals surface area contributed by atoms with Crippen LogP contribution in [0.5, 0.6) is 0 Å². The third-order valence-electron chi connectivity index (χ3n) is 3.45. The third-order valence-corrected chi connectivity index (χ3v) is 3.45. The fourth-order valence-electron chi connectivity index (χ4n) is 2.17. The molecule has 3 N–H and O–H groups in total. The zero-order valence-corrected chi connectivity index (χ0v) is 13.9. The lowest BCUT2D eigenvalue weighted by Crippen LogP contribution is -2.25. The lowest BCUT2D eigenvalue weighted by molar-refractivity contribution is -0.136. The first-order chi connectivity index (χ1) is 11.9. The zero-order chi connectivity index (χ0) is 18.2. The van der Waals surface area contributed by atoms with Gasteiger partial charge in [0.25, 0.3) is 5.91 Å². The number of nitrogens with zero attached hydrogens (tertiary/aromatic N) is 2. The van der Waals surface area contributed by atoms with Gasteiger partial charge >= 0.3 is 5.97 Å². The summed E-state index contributed by atoms with van der Waals surface area (Å²) < 4.78 is 1.69. The maximum atomic E-state index is 11.9. The number of carbonyl (C=O) groups is 3. The summed E-state index contributed by atoms with van der Waals surface area (Å²) >= 11 is 0. The van der Waals surface area contributed by atoms with Crippen molar-refractivity contribution < 1.29 is 19.5 Å². The van der Waals surface area contributed by atoms with E-state index in [-0.39, 0.29) is 24.8 Å². The molecule has 0 unspecified atom stereocenters. The average molecular weight is 344 g/mol. The second kappa shape index (κ2) is 8.62. The minimum atomic E-state index is -0.968. The van der Waals surface area contributed by atoms with E-state index < -0.39 is 5.97 Å². The number of carboxylic acids is 1. The summed E-state index contributed by atoms with van der Waals surface area (Å²) in [6.45, 7) is 0.0704. The molecular weight excluding hydrogens is 324 g/mol. The number of rotatable bonds is 8. The van der Waals surface area contributed by atoms with Crippen molar-refractivity contribution in [2.45, 2.75) is 19.3 Å². The second-order valence-electron chi connectivity index (χ2n) is 5.55. The van der Waals surface area contributed by atoms with Crippen molar-refractivity contribution in [1.82, 2.24) is 15.1 Å². The topological polar surface area (TPSA) is 113 Å². The molecule has 0 aliphatic carbocycles. The number of aromatic nitrogens is 2. The molecule has 132 valence electrons. The Hall–Kier alpha value is -3.16. The molecule has 0 radical (unpaired) electrons. The van der Waals surface area contributed by atoms with Crippen molar-refractivity contribution in [1.29, 1.82) is 0 Å². The number of carbonyl (C=O) groups excluding carboxylic acids is 2. The molecule has 2 rings (SSSR count). The molecule has 0 atom stereocenters. The number of nitrogens with one attached hydrogen (secondary N) is 2. The highest BCUT2D eigenvalue weighted by atomic mass is 16.4. The molecule has 0 spiro atoms. The molecule has 2 amide bonds. The van der Waals surface area contributed by atoms with Gasteiger partial charge in [0, 0.05) is 37.5 Å². The molecule has 2 aromatic rings. The van der Waals surface area contributed by atoms with E-state index in [4.69, 9.17) is 5.11 Å². The first-order valence-electron chi connectivity index (χ1n) is 7.81. The van der Waals surface area contributed by atoms with Gasteiger partial charge in [0.1, 0.15) is 0 Å². The smallest absolute Gasteiger partial charge is 0.305 e. The van der Waals surface area contributed by atoms with Gasteiger partial charge in [-0.15, -0.1) is 0 Å². The van der Waals surface area contributed by atoms with E-state index in [1.54, 1.807) is 35.1 Å². The molecule has 1 heterocycles. The van der Waals surface area contributed by atoms with E-state index in [0.717, 1.165) is 5.56 Å². The van der Waals surface area contributed by atoms with Gasteiger partial charge in [0.15, 0.2) is 0 Å². The van der Waals surface area contributed by atoms with Crippen molar-refractivity contribution in [3.8, 4) is 0 Å². The Bertz CT molecular complexity index is 752. The molecule has 8 nitrogen and oxygen atoms in total. The van der Waals surface area contributed by atoms with Gasteiger partial charge in [-0.25, -0.2) is 0 Å². The Morgan fingerprint density at radius 3 is 2.48 bits per heavy atom. The van der Waals surface area contributed by atoms with Crippen LogP contribution in [-0.2, 0) is 23.1 Å². The molecule has 1 aromatic carbocycles. The predicted molar refractivity (Wildman–Crippen MR) is 91.2 cm³/mol. The number of anilines is 1. The highest BCUT2D eigenvalue weighted by molar-refractivity contribution is 5.95. The quantitative estimate of drug-likeness (QED) is 0.666. The molecule has 0 aliphatic heterocycles. The maximum absolute atomic E-state index is 11.9. The summed E-state index contributed by atoms with van der Waals surface area (Å²) in [5, 5.41) is 17.9. The summed E-state index contributed by atoms with van der Waals surface area (Å²) in [6.07, 6.45) is 4.40. The first kappa shape index (κ1) is 18.2. The van der Waals surface area contributed by atoms with Crippen LogP contribution in [0.1, 0.15) is 28.8 Å². The van der Waals surface area contributed by atoms with Gasteiger partial charge < -0.3 is 15.7 Å². The molecule has 0 bridgehead atoms. The number of amides is 2. The van der Waals surface area contributed by atoms with E-state index in [9.17, 15) is 14.4 Å². The Kier molecular flexibility index (Phi) is 6.27. The summed E-state index contributed by atoms with van der Waals surface area (Å²) in [5.74, 6) is -1.44. The zero-order valence-electron chi connectivity index (χ0n) is 13.9. The Balaban J connectivity index is 1.79. The highest BCUT2D eigenvalue weighted by Crippen LogP contribution is 2.11. The predicted octanol–water partition coefficient (Wildman–Crippen LogP) is 1.20. The van der Waals surface area contributed by atoms with Crippen LogP contribution < -0.4 is 10.6 Å². The number of hydrogen-bond donors (Lipinski definition) is 3. The van der Waals surface area contributed by atoms with Gasteiger partial charge in [-0.05, 0) is 36.2 Å². The molecule has 0 saturated carbocycles. The largest absolute Gasteiger partial charge is 0.481 e. The van der Waals surface area contributed by atoms with Crippen molar-refractivity contribution >= 4 is 23.5 Å². The van der Waals surface area contributed by atoms with Crippen LogP contribution in [0.4, 0.5) is 5.69 Å². The fraction of sp³-hybridized carbons (Fsp3) is 0.294. The Morgan fingerprint density at radius 1 is 1.16 bits per heavy atom. The van der Waals surface area contributed by atoms with E-state index >= 15 is 0 Å². The van der Waals surface area contributed by atoms with Crippen molar-refractivity contribution in [2.75, 3.05) is 11.9 Å². The van der Waals surface area contributed by atoms with Gasteiger partial charge in [0.2, 0.25) is 5.91 Å². The van der Waals surface area contributed by atoms with Gasteiger partial charge in [-0.2, -0.15) is 5.10 Å². The number of benzene rings is 1. The molecule has 1 aromatic heterocycles. The van der Waals surface area contributed by atoms with E-state index in [2.05, 4.69) is 15.7 Å². The Morgan fingerprint density at radius 2 is 1.88 bits per heavy atom. The van der Waals surface area contributed by atoms with Crippen LogP contribution in [0.15, 0.2) is 36.7 Å². The average Bonchev–Trinajstić information content (AvgIpc) is 2.99. The van der Waals surface area contributed by atoms with Crippen molar-refractivity contribution in [3.05, 3.63) is 47.8 Å². The van der Waals surface area contributed by atoms with Crippen LogP contribution in [0, 0.1) is 0 Å². The molecular formula is C17H20N4O4. The Labute approximate surface area is 144 Å². The lowest BCUT2D eigenvalue weighted by Gasteiger charge is -2.07. The molecule has 8 heteroatoms. The molecule has 0 saturated heterocycles. The fourth-order valence-corrected chi connectivity index (χ4v) is 2.17. The third kappa shape index (κ3) is 6.09. The summed E-state index contributed by atoms with van der Waals surface area (Å²) in [7, 11) is 1.82. The summed E-state index contributed by atoms with van der Waals surface area (Å²) in [6, 6.07) is 6.42. The standard InChI is InChI=1S/C17H20N4O4/c1-21-11-12(10-19-21)2-7-15(22)20-14-5-3-13(4-6-14)17(25)18-9-8-16(23)24/h3-6,10-11H,2,7-9H2,1H3,(H,18,25)(H,20,22)(H,23,24). The second-order valence-corrected chi connectivity index (χ2v) is 5.55. The first-order valence-corrected chi connectivity index (χ1v) is 7.81. The minimum Gasteiger partial charge on any atom is -0.481 e. The number of carboxylic acid groups (broad SMARTS) is 1. The van der Waals surface area contributed by atoms with E-state index in [1.165, 1.54) is 0 Å². The van der Waals surface area contributed by atoms with E-state index in [0.29, 0.717) is 24.1 Å². The molecule has 25 heavy (non-hydrogen) atoms. The van der Waals surface area contributed by atoms with Crippen molar-refractivity contribution in [3.63, 3.8) is 0 Å². The monoisotopic (exact) mass is 344 g/mol. The summed E-state index contributed by atoms with van der Waals surface area (Å²) in [5.41, 5.74) is 1.99. The van der Waals surface area contributed by atoms with Crippen LogP contribution in [-0.4, -0.2) is 39.2 Å². The number of hydrogen-bond acceptors (Lipinski definition) is 4. The van der Waals surface area contributed by atoms with E-state index in [1.807, 2.05) is 13.2 Å². The van der Waals surface area contributed by atoms with Crippen molar-refractivity contribution in [2.24, 2.45) is 7.05 Å². The van der Waals surface area contributed by atoms with Crippen LogP contribution in [0.2, 0.25) is 0 Å².